The van der Waals surface area contributed by atoms with Crippen molar-refractivity contribution in [2.45, 2.75) is 0 Å². The summed E-state index contributed by atoms with van der Waals surface area (Å²) in [5, 5.41) is 12.3. The smallest absolute Gasteiger partial charge is 0.311 e. The van der Waals surface area contributed by atoms with Crippen molar-refractivity contribution < 1.29 is 14.1 Å². The molecule has 3 aromatic carbocycles. The Bertz CT molecular complexity index is 1220. The molecule has 0 bridgehead atoms. The second-order valence-electron chi connectivity index (χ2n) is 5.97. The lowest BCUT2D eigenvalue weighted by Gasteiger charge is -2.04. The molecule has 0 saturated heterocycles. The van der Waals surface area contributed by atoms with Crippen molar-refractivity contribution in [3.05, 3.63) is 74.8 Å². The number of fused-ring (bicyclic) bond motifs is 1. The van der Waals surface area contributed by atoms with E-state index in [2.05, 4.69) is 4.98 Å². The summed E-state index contributed by atoms with van der Waals surface area (Å²) in [4.78, 5) is 15.2. The van der Waals surface area contributed by atoms with Crippen molar-refractivity contribution in [1.82, 2.24) is 4.98 Å². The van der Waals surface area contributed by atoms with Gasteiger partial charge in [-0.3, -0.25) is 10.1 Å². The van der Waals surface area contributed by atoms with Crippen molar-refractivity contribution >= 4 is 40.0 Å². The topological polar surface area (TPSA) is 78.4 Å². The summed E-state index contributed by atoms with van der Waals surface area (Å²) in [7, 11) is 1.38. The quantitative estimate of drug-likeness (QED) is 0.285. The van der Waals surface area contributed by atoms with E-state index >= 15 is 0 Å². The number of benzene rings is 3. The van der Waals surface area contributed by atoms with Crippen LogP contribution >= 0.6 is 23.2 Å². The predicted octanol–water partition coefficient (Wildman–Crippen LogP) is 6.39. The molecule has 0 aliphatic heterocycles. The number of hydrogen-bond donors (Lipinski definition) is 0. The number of rotatable bonds is 4. The van der Waals surface area contributed by atoms with E-state index in [4.69, 9.17) is 32.4 Å². The average Bonchev–Trinajstić information content (AvgIpc) is 3.10. The van der Waals surface area contributed by atoms with Gasteiger partial charge in [0.15, 0.2) is 11.3 Å². The molecule has 0 spiro atoms. The van der Waals surface area contributed by atoms with E-state index in [-0.39, 0.29) is 17.3 Å². The molecule has 0 N–H and O–H groups in total. The van der Waals surface area contributed by atoms with Crippen molar-refractivity contribution in [2.75, 3.05) is 7.11 Å². The van der Waals surface area contributed by atoms with Gasteiger partial charge in [-0.15, -0.1) is 0 Å². The lowest BCUT2D eigenvalue weighted by atomic mass is 10.1. The summed E-state index contributed by atoms with van der Waals surface area (Å²) >= 11 is 12.2. The molecule has 0 aliphatic rings. The zero-order chi connectivity index (χ0) is 19.8. The Morgan fingerprint density at radius 3 is 2.54 bits per heavy atom. The largest absolute Gasteiger partial charge is 0.490 e. The van der Waals surface area contributed by atoms with Crippen LogP contribution in [0.2, 0.25) is 10.0 Å². The Morgan fingerprint density at radius 1 is 1.04 bits per heavy atom. The first-order valence-electron chi connectivity index (χ1n) is 8.15. The molecule has 0 unspecified atom stereocenters. The second kappa shape index (κ2) is 7.14. The fourth-order valence-electron chi connectivity index (χ4n) is 2.91. The third kappa shape index (κ3) is 3.28. The number of halogens is 2. The fraction of sp³-hybridized carbons (Fsp3) is 0.0500. The normalized spacial score (nSPS) is 11.0. The molecular formula is C20H12Cl2N2O4. The second-order valence-corrected chi connectivity index (χ2v) is 6.81. The van der Waals surface area contributed by atoms with Gasteiger partial charge in [0.25, 0.3) is 0 Å². The Morgan fingerprint density at radius 2 is 1.82 bits per heavy atom. The summed E-state index contributed by atoms with van der Waals surface area (Å²) in [6.07, 6.45) is 0. The highest BCUT2D eigenvalue weighted by atomic mass is 35.5. The molecule has 1 heterocycles. The SMILES string of the molecule is COc1ccc(-c2nc3cc(-c4ccc(Cl)cc4Cl)ccc3o2)cc1[N+](=O)[O-]. The minimum absolute atomic E-state index is 0.157. The zero-order valence-corrected chi connectivity index (χ0v) is 16.0. The van der Waals surface area contributed by atoms with E-state index in [1.165, 1.54) is 19.2 Å². The maximum absolute atomic E-state index is 11.2. The highest BCUT2D eigenvalue weighted by Gasteiger charge is 2.18. The first-order chi connectivity index (χ1) is 13.5. The molecule has 4 rings (SSSR count). The van der Waals surface area contributed by atoms with E-state index < -0.39 is 4.92 Å². The summed E-state index contributed by atoms with van der Waals surface area (Å²) < 4.78 is 10.8. The van der Waals surface area contributed by atoms with Crippen LogP contribution in [0, 0.1) is 10.1 Å². The van der Waals surface area contributed by atoms with Crippen LogP contribution in [0.25, 0.3) is 33.7 Å². The number of oxazole rings is 1. The van der Waals surface area contributed by atoms with Gasteiger partial charge in [0.1, 0.15) is 5.52 Å². The lowest BCUT2D eigenvalue weighted by Crippen LogP contribution is -1.94. The number of hydrogen-bond acceptors (Lipinski definition) is 5. The molecule has 4 aromatic rings. The van der Waals surface area contributed by atoms with Crippen LogP contribution < -0.4 is 4.74 Å². The zero-order valence-electron chi connectivity index (χ0n) is 14.5. The molecule has 0 aliphatic carbocycles. The minimum Gasteiger partial charge on any atom is -0.490 e. The molecule has 6 nitrogen and oxygen atoms in total. The summed E-state index contributed by atoms with van der Waals surface area (Å²) in [6.45, 7) is 0. The van der Waals surface area contributed by atoms with Crippen molar-refractivity contribution in [2.24, 2.45) is 0 Å². The minimum atomic E-state index is -0.508. The van der Waals surface area contributed by atoms with Crippen LogP contribution in [0.3, 0.4) is 0 Å². The van der Waals surface area contributed by atoms with Gasteiger partial charge in [-0.2, -0.15) is 0 Å². The van der Waals surface area contributed by atoms with Gasteiger partial charge in [-0.05, 0) is 42.0 Å². The van der Waals surface area contributed by atoms with Crippen molar-refractivity contribution in [3.63, 3.8) is 0 Å². The molecule has 28 heavy (non-hydrogen) atoms. The van der Waals surface area contributed by atoms with E-state index in [9.17, 15) is 10.1 Å². The van der Waals surface area contributed by atoms with Crippen LogP contribution in [0.4, 0.5) is 5.69 Å². The Labute approximate surface area is 169 Å². The van der Waals surface area contributed by atoms with Crippen LogP contribution in [0.1, 0.15) is 0 Å². The molecule has 0 saturated carbocycles. The average molecular weight is 415 g/mol. The Balaban J connectivity index is 1.79. The highest BCUT2D eigenvalue weighted by molar-refractivity contribution is 6.36. The van der Waals surface area contributed by atoms with Gasteiger partial charge in [0.05, 0.1) is 12.0 Å². The van der Waals surface area contributed by atoms with Crippen molar-refractivity contribution in [1.29, 1.82) is 0 Å². The van der Waals surface area contributed by atoms with E-state index in [1.807, 2.05) is 18.2 Å². The first-order valence-corrected chi connectivity index (χ1v) is 8.90. The van der Waals surface area contributed by atoms with E-state index in [1.54, 1.807) is 24.3 Å². The number of methoxy groups -OCH3 is 1. The van der Waals surface area contributed by atoms with Gasteiger partial charge < -0.3 is 9.15 Å². The molecule has 0 atom stereocenters. The monoisotopic (exact) mass is 414 g/mol. The van der Waals surface area contributed by atoms with Gasteiger partial charge >= 0.3 is 5.69 Å². The van der Waals surface area contributed by atoms with Gasteiger partial charge in [-0.25, -0.2) is 4.98 Å². The number of ether oxygens (including phenoxy) is 1. The third-order valence-electron chi connectivity index (χ3n) is 4.25. The molecule has 140 valence electrons. The Hall–Kier alpha value is -3.09. The number of aromatic nitrogens is 1. The molecule has 0 fully saturated rings. The summed E-state index contributed by atoms with van der Waals surface area (Å²) in [5.74, 6) is 0.449. The van der Waals surface area contributed by atoms with Crippen LogP contribution in [-0.4, -0.2) is 17.0 Å². The van der Waals surface area contributed by atoms with E-state index in [0.29, 0.717) is 26.7 Å². The third-order valence-corrected chi connectivity index (χ3v) is 4.80. The van der Waals surface area contributed by atoms with Crippen LogP contribution in [0.5, 0.6) is 5.75 Å². The maximum atomic E-state index is 11.2. The number of nitro groups is 1. The molecule has 0 amide bonds. The van der Waals surface area contributed by atoms with Gasteiger partial charge in [0.2, 0.25) is 5.89 Å². The lowest BCUT2D eigenvalue weighted by molar-refractivity contribution is -0.385. The molecule has 1 aromatic heterocycles. The summed E-state index contributed by atoms with van der Waals surface area (Å²) in [6, 6.07) is 15.3. The Kier molecular flexibility index (Phi) is 4.66. The molecule has 0 radical (unpaired) electrons. The van der Waals surface area contributed by atoms with Crippen LogP contribution in [-0.2, 0) is 0 Å². The van der Waals surface area contributed by atoms with Gasteiger partial charge in [0, 0.05) is 27.2 Å². The molecular weight excluding hydrogens is 403 g/mol. The van der Waals surface area contributed by atoms with Crippen LogP contribution in [0.15, 0.2) is 59.0 Å². The number of nitrogens with zero attached hydrogens (tertiary/aromatic N) is 2. The number of nitro benzene ring substituents is 1. The van der Waals surface area contributed by atoms with E-state index in [0.717, 1.165) is 11.1 Å². The van der Waals surface area contributed by atoms with Gasteiger partial charge in [-0.1, -0.05) is 35.3 Å². The maximum Gasteiger partial charge on any atom is 0.311 e. The highest BCUT2D eigenvalue weighted by Crippen LogP contribution is 2.35. The first kappa shape index (κ1) is 18.3. The fourth-order valence-corrected chi connectivity index (χ4v) is 3.43. The van der Waals surface area contributed by atoms with Crippen molar-refractivity contribution in [3.8, 4) is 28.3 Å². The molecule has 8 heteroatoms. The predicted molar refractivity (Wildman–Crippen MR) is 108 cm³/mol. The summed E-state index contributed by atoms with van der Waals surface area (Å²) in [5.41, 5.74) is 3.16. The standard InChI is InChI=1S/C20H12Cl2N2O4/c1-27-19-7-3-12(9-17(19)24(25)26)20-23-16-8-11(2-6-18(16)28-20)14-5-4-13(21)10-15(14)22/h2-10H,1H3.